The molecule has 174 valence electrons. The van der Waals surface area contributed by atoms with E-state index in [0.717, 1.165) is 41.0 Å². The Morgan fingerprint density at radius 2 is 2.06 bits per heavy atom. The fourth-order valence-electron chi connectivity index (χ4n) is 3.81. The number of esters is 1. The molecule has 0 aliphatic heterocycles. The maximum Gasteiger partial charge on any atom is 0.341 e. The average molecular weight is 487 g/mol. The number of benzene rings is 1. The highest BCUT2D eigenvalue weighted by Crippen LogP contribution is 2.39. The van der Waals surface area contributed by atoms with Gasteiger partial charge in [-0.3, -0.25) is 4.79 Å². The number of thioether (sulfide) groups is 1. The number of nitrogens with one attached hydrogen (secondary N) is 1. The van der Waals surface area contributed by atoms with Crippen molar-refractivity contribution in [3.8, 4) is 5.75 Å². The maximum atomic E-state index is 12.7. The molecular formula is C23H26N4O4S2. The Balaban J connectivity index is 1.39. The lowest BCUT2D eigenvalue weighted by molar-refractivity contribution is -0.113. The van der Waals surface area contributed by atoms with E-state index in [9.17, 15) is 9.59 Å². The Morgan fingerprint density at radius 3 is 2.82 bits per heavy atom. The summed E-state index contributed by atoms with van der Waals surface area (Å²) in [6.07, 6.45) is 2.80. The van der Waals surface area contributed by atoms with E-state index in [1.165, 1.54) is 30.2 Å². The van der Waals surface area contributed by atoms with Gasteiger partial charge < -0.3 is 19.4 Å². The van der Waals surface area contributed by atoms with Crippen LogP contribution in [0, 0.1) is 6.92 Å². The van der Waals surface area contributed by atoms with Gasteiger partial charge in [-0.1, -0.05) is 30.0 Å². The fraction of sp³-hybridized carbons (Fsp3) is 0.391. The smallest absolute Gasteiger partial charge is 0.341 e. The molecule has 0 atom stereocenters. The highest BCUT2D eigenvalue weighted by molar-refractivity contribution is 7.99. The second-order valence-electron chi connectivity index (χ2n) is 7.59. The van der Waals surface area contributed by atoms with Gasteiger partial charge in [0.05, 0.1) is 18.4 Å². The Hall–Kier alpha value is -2.85. The first kappa shape index (κ1) is 23.3. The van der Waals surface area contributed by atoms with Crippen LogP contribution in [0.1, 0.15) is 45.5 Å². The zero-order chi connectivity index (χ0) is 23.4. The molecule has 1 aliphatic rings. The number of aryl methyl sites for hydroxylation is 2. The first-order valence-electron chi connectivity index (χ1n) is 10.8. The number of para-hydroxylation sites is 1. The lowest BCUT2D eigenvalue weighted by atomic mass is 10.1. The summed E-state index contributed by atoms with van der Waals surface area (Å²) >= 11 is 2.77. The molecular weight excluding hydrogens is 460 g/mol. The van der Waals surface area contributed by atoms with E-state index in [4.69, 9.17) is 9.47 Å². The number of methoxy groups -OCH3 is 1. The molecule has 2 aromatic heterocycles. The van der Waals surface area contributed by atoms with Crippen LogP contribution in [0.2, 0.25) is 0 Å². The summed E-state index contributed by atoms with van der Waals surface area (Å²) in [5.41, 5.74) is 2.57. The zero-order valence-corrected chi connectivity index (χ0v) is 20.5. The Kier molecular flexibility index (Phi) is 7.34. The van der Waals surface area contributed by atoms with Gasteiger partial charge in [-0.25, -0.2) is 4.79 Å². The van der Waals surface area contributed by atoms with Gasteiger partial charge in [0.1, 0.15) is 17.4 Å². The minimum Gasteiger partial charge on any atom is -0.485 e. The van der Waals surface area contributed by atoms with Crippen LogP contribution in [0.5, 0.6) is 5.75 Å². The molecule has 4 rings (SSSR count). The van der Waals surface area contributed by atoms with Crippen molar-refractivity contribution < 1.29 is 19.1 Å². The van der Waals surface area contributed by atoms with Crippen molar-refractivity contribution in [2.45, 2.75) is 51.4 Å². The SMILES string of the molecule is CCn1c(COc2ccccc2C)nnc1SCC(=O)Nc1sc2c(c1C(=O)OC)CCC2. The topological polar surface area (TPSA) is 95.3 Å². The minimum absolute atomic E-state index is 0.153. The van der Waals surface area contributed by atoms with Gasteiger partial charge >= 0.3 is 5.97 Å². The van der Waals surface area contributed by atoms with Crippen LogP contribution in [0.3, 0.4) is 0 Å². The summed E-state index contributed by atoms with van der Waals surface area (Å²) in [6, 6.07) is 7.81. The molecule has 1 aliphatic carbocycles. The molecule has 33 heavy (non-hydrogen) atoms. The molecule has 3 aromatic rings. The lowest BCUT2D eigenvalue weighted by Gasteiger charge is -2.10. The van der Waals surface area contributed by atoms with Crippen LogP contribution in [0.15, 0.2) is 29.4 Å². The summed E-state index contributed by atoms with van der Waals surface area (Å²) < 4.78 is 12.8. The number of anilines is 1. The van der Waals surface area contributed by atoms with E-state index in [1.807, 2.05) is 42.7 Å². The number of rotatable bonds is 9. The van der Waals surface area contributed by atoms with Crippen molar-refractivity contribution >= 4 is 40.0 Å². The fourth-order valence-corrected chi connectivity index (χ4v) is 5.93. The molecule has 1 amide bonds. The van der Waals surface area contributed by atoms with Crippen LogP contribution < -0.4 is 10.1 Å². The molecule has 2 heterocycles. The molecule has 0 saturated heterocycles. The van der Waals surface area contributed by atoms with E-state index in [1.54, 1.807) is 0 Å². The lowest BCUT2D eigenvalue weighted by Crippen LogP contribution is -2.17. The second kappa shape index (κ2) is 10.4. The monoisotopic (exact) mass is 486 g/mol. The van der Waals surface area contributed by atoms with Crippen LogP contribution in [0.25, 0.3) is 0 Å². The first-order chi connectivity index (χ1) is 16.0. The normalized spacial score (nSPS) is 12.5. The van der Waals surface area contributed by atoms with E-state index in [0.29, 0.717) is 34.7 Å². The van der Waals surface area contributed by atoms with Gasteiger partial charge in [0.15, 0.2) is 11.0 Å². The molecule has 0 bridgehead atoms. The molecule has 1 aromatic carbocycles. The maximum absolute atomic E-state index is 12.7. The number of hydrogen-bond acceptors (Lipinski definition) is 8. The zero-order valence-electron chi connectivity index (χ0n) is 18.8. The molecule has 0 radical (unpaired) electrons. The number of nitrogens with zero attached hydrogens (tertiary/aromatic N) is 3. The number of fused-ring (bicyclic) bond motifs is 1. The van der Waals surface area contributed by atoms with Crippen LogP contribution >= 0.6 is 23.1 Å². The third-order valence-corrected chi connectivity index (χ3v) is 7.63. The number of aromatic nitrogens is 3. The van der Waals surface area contributed by atoms with E-state index < -0.39 is 5.97 Å². The summed E-state index contributed by atoms with van der Waals surface area (Å²) in [4.78, 5) is 26.1. The summed E-state index contributed by atoms with van der Waals surface area (Å²) in [7, 11) is 1.36. The van der Waals surface area contributed by atoms with E-state index in [2.05, 4.69) is 15.5 Å². The molecule has 0 spiro atoms. The van der Waals surface area contributed by atoms with Crippen molar-refractivity contribution in [2.24, 2.45) is 0 Å². The molecule has 1 N–H and O–H groups in total. The van der Waals surface area contributed by atoms with Gasteiger partial charge in [-0.15, -0.1) is 21.5 Å². The number of amides is 1. The molecule has 8 nitrogen and oxygen atoms in total. The van der Waals surface area contributed by atoms with Gasteiger partial charge in [0, 0.05) is 11.4 Å². The predicted molar refractivity (Wildman–Crippen MR) is 128 cm³/mol. The van der Waals surface area contributed by atoms with Crippen LogP contribution in [0.4, 0.5) is 5.00 Å². The van der Waals surface area contributed by atoms with Crippen LogP contribution in [-0.2, 0) is 35.5 Å². The van der Waals surface area contributed by atoms with Crippen molar-refractivity contribution in [3.05, 3.63) is 51.7 Å². The third-order valence-electron chi connectivity index (χ3n) is 5.46. The highest BCUT2D eigenvalue weighted by atomic mass is 32.2. The number of thiophene rings is 1. The summed E-state index contributed by atoms with van der Waals surface area (Å²) in [5, 5.41) is 12.6. The summed E-state index contributed by atoms with van der Waals surface area (Å²) in [5.74, 6) is 1.06. The third kappa shape index (κ3) is 5.06. The number of carbonyl (C=O) groups is 2. The van der Waals surface area contributed by atoms with Crippen molar-refractivity contribution in [1.82, 2.24) is 14.8 Å². The Morgan fingerprint density at radius 1 is 1.24 bits per heavy atom. The number of carbonyl (C=O) groups excluding carboxylic acids is 2. The largest absolute Gasteiger partial charge is 0.485 e. The van der Waals surface area contributed by atoms with Crippen molar-refractivity contribution in [1.29, 1.82) is 0 Å². The Labute approximate surface area is 200 Å². The van der Waals surface area contributed by atoms with E-state index in [-0.39, 0.29) is 11.7 Å². The first-order valence-corrected chi connectivity index (χ1v) is 12.6. The van der Waals surface area contributed by atoms with Crippen molar-refractivity contribution in [2.75, 3.05) is 18.2 Å². The molecule has 0 saturated carbocycles. The number of hydrogen-bond donors (Lipinski definition) is 1. The highest BCUT2D eigenvalue weighted by Gasteiger charge is 2.28. The standard InChI is InChI=1S/C23H26N4O4S2/c1-4-27-18(12-31-16-10-6-5-8-14(16)2)25-26-23(27)32-13-19(28)24-21-20(22(29)30-3)15-9-7-11-17(15)33-21/h5-6,8,10H,4,7,9,11-13H2,1-3H3,(H,24,28). The van der Waals surface area contributed by atoms with Crippen LogP contribution in [-0.4, -0.2) is 39.5 Å². The van der Waals surface area contributed by atoms with Gasteiger partial charge in [-0.2, -0.15) is 0 Å². The molecule has 0 unspecified atom stereocenters. The minimum atomic E-state index is -0.402. The van der Waals surface area contributed by atoms with E-state index >= 15 is 0 Å². The molecule has 10 heteroatoms. The van der Waals surface area contributed by atoms with Gasteiger partial charge in [0.25, 0.3) is 0 Å². The van der Waals surface area contributed by atoms with Gasteiger partial charge in [-0.05, 0) is 50.3 Å². The molecule has 0 fully saturated rings. The quantitative estimate of drug-likeness (QED) is 0.357. The van der Waals surface area contributed by atoms with Gasteiger partial charge in [0.2, 0.25) is 5.91 Å². The van der Waals surface area contributed by atoms with Crippen molar-refractivity contribution in [3.63, 3.8) is 0 Å². The Bertz CT molecular complexity index is 1170. The number of ether oxygens (including phenoxy) is 2. The summed E-state index contributed by atoms with van der Waals surface area (Å²) in [6.45, 7) is 4.95. The second-order valence-corrected chi connectivity index (χ2v) is 9.63. The predicted octanol–water partition coefficient (Wildman–Crippen LogP) is 4.25. The average Bonchev–Trinajstić information content (AvgIpc) is 3.50.